The van der Waals surface area contributed by atoms with E-state index in [9.17, 15) is 9.59 Å². The summed E-state index contributed by atoms with van der Waals surface area (Å²) in [6, 6.07) is 9.45. The minimum Gasteiger partial charge on any atom is -0.442 e. The van der Waals surface area contributed by atoms with Gasteiger partial charge >= 0.3 is 12.1 Å². The first-order valence-electron chi connectivity index (χ1n) is 11.5. The standard InChI is InChI=1S/C26H32N4O4S/c1-25(2,3)23(31)33-16-10-9-15-11-19(27-18(15)12-16)21-22-20(13-17(35-22)14-29(7)8)30(28-21)24(32)34-26(4,5)6/h9-13,27H,14H2,1-8H3. The molecule has 3 aromatic heterocycles. The van der Waals surface area contributed by atoms with Gasteiger partial charge in [-0.1, -0.05) is 0 Å². The van der Waals surface area contributed by atoms with E-state index in [2.05, 4.69) is 15.0 Å². The van der Waals surface area contributed by atoms with Gasteiger partial charge < -0.3 is 19.4 Å². The van der Waals surface area contributed by atoms with Crippen molar-refractivity contribution in [2.24, 2.45) is 5.41 Å². The molecule has 1 N–H and O–H groups in total. The van der Waals surface area contributed by atoms with Crippen molar-refractivity contribution in [1.29, 1.82) is 0 Å². The van der Waals surface area contributed by atoms with E-state index in [1.807, 2.05) is 73.8 Å². The molecule has 0 fully saturated rings. The summed E-state index contributed by atoms with van der Waals surface area (Å²) in [6.45, 7) is 11.7. The normalized spacial score (nSPS) is 12.6. The van der Waals surface area contributed by atoms with E-state index in [1.54, 1.807) is 23.5 Å². The molecular formula is C26H32N4O4S. The number of carbonyl (C=O) groups is 2. The second kappa shape index (κ2) is 8.80. The molecule has 0 bridgehead atoms. The van der Waals surface area contributed by atoms with E-state index in [0.717, 1.165) is 38.2 Å². The molecule has 9 heteroatoms. The van der Waals surface area contributed by atoms with Crippen LogP contribution >= 0.6 is 11.3 Å². The zero-order valence-electron chi connectivity index (χ0n) is 21.5. The minimum absolute atomic E-state index is 0.298. The van der Waals surface area contributed by atoms with Crippen LogP contribution in [0.1, 0.15) is 46.4 Å². The summed E-state index contributed by atoms with van der Waals surface area (Å²) in [5, 5.41) is 5.59. The number of H-pyrrole nitrogens is 1. The molecule has 3 heterocycles. The average molecular weight is 497 g/mol. The van der Waals surface area contributed by atoms with Gasteiger partial charge in [-0.05, 0) is 79.9 Å². The van der Waals surface area contributed by atoms with Crippen LogP contribution in [0, 0.1) is 5.41 Å². The van der Waals surface area contributed by atoms with Gasteiger partial charge in [0, 0.05) is 28.4 Å². The predicted octanol–water partition coefficient (Wildman–Crippen LogP) is 6.04. The van der Waals surface area contributed by atoms with E-state index in [4.69, 9.17) is 9.47 Å². The Morgan fingerprint density at radius 1 is 1.09 bits per heavy atom. The van der Waals surface area contributed by atoms with Crippen LogP contribution in [-0.4, -0.2) is 51.4 Å². The summed E-state index contributed by atoms with van der Waals surface area (Å²) in [7, 11) is 4.01. The van der Waals surface area contributed by atoms with Gasteiger partial charge in [-0.2, -0.15) is 9.78 Å². The lowest BCUT2D eigenvalue weighted by Gasteiger charge is -2.19. The number of aromatic amines is 1. The van der Waals surface area contributed by atoms with Crippen molar-refractivity contribution in [3.8, 4) is 17.1 Å². The Morgan fingerprint density at radius 2 is 1.80 bits per heavy atom. The van der Waals surface area contributed by atoms with Crippen molar-refractivity contribution >= 4 is 44.5 Å². The molecule has 0 saturated carbocycles. The van der Waals surface area contributed by atoms with Gasteiger partial charge in [0.25, 0.3) is 0 Å². The fourth-order valence-corrected chi connectivity index (χ4v) is 4.78. The second-order valence-corrected chi connectivity index (χ2v) is 12.1. The number of rotatable bonds is 4. The summed E-state index contributed by atoms with van der Waals surface area (Å²) >= 11 is 1.61. The topological polar surface area (TPSA) is 89.5 Å². The van der Waals surface area contributed by atoms with Crippen LogP contribution in [0.2, 0.25) is 0 Å². The molecule has 0 aliphatic carbocycles. The zero-order valence-corrected chi connectivity index (χ0v) is 22.3. The molecule has 0 saturated heterocycles. The largest absolute Gasteiger partial charge is 0.442 e. The second-order valence-electron chi connectivity index (χ2n) is 11.0. The molecule has 0 spiro atoms. The highest BCUT2D eigenvalue weighted by atomic mass is 32.1. The molecule has 1 aromatic carbocycles. The van der Waals surface area contributed by atoms with E-state index >= 15 is 0 Å². The third-order valence-electron chi connectivity index (χ3n) is 5.12. The lowest BCUT2D eigenvalue weighted by Crippen LogP contribution is -2.27. The van der Waals surface area contributed by atoms with Gasteiger partial charge in [-0.25, -0.2) is 4.79 Å². The fourth-order valence-electron chi connectivity index (χ4n) is 3.52. The number of ether oxygens (including phenoxy) is 2. The third kappa shape index (κ3) is 5.41. The number of thiophene rings is 1. The Bertz CT molecular complexity index is 1410. The van der Waals surface area contributed by atoms with E-state index in [1.165, 1.54) is 4.68 Å². The number of carbonyl (C=O) groups excluding carboxylic acids is 2. The highest BCUT2D eigenvalue weighted by Gasteiger charge is 2.26. The lowest BCUT2D eigenvalue weighted by atomic mass is 9.97. The van der Waals surface area contributed by atoms with Crippen LogP contribution in [0.5, 0.6) is 5.75 Å². The quantitative estimate of drug-likeness (QED) is 0.274. The van der Waals surface area contributed by atoms with Gasteiger partial charge in [-0.3, -0.25) is 4.79 Å². The number of aromatic nitrogens is 3. The van der Waals surface area contributed by atoms with Crippen LogP contribution in [-0.2, 0) is 16.1 Å². The fraction of sp³-hybridized carbons (Fsp3) is 0.423. The van der Waals surface area contributed by atoms with Crippen molar-refractivity contribution < 1.29 is 19.1 Å². The molecule has 0 unspecified atom stereocenters. The molecule has 8 nitrogen and oxygen atoms in total. The van der Waals surface area contributed by atoms with Gasteiger partial charge in [-0.15, -0.1) is 11.3 Å². The highest BCUT2D eigenvalue weighted by Crippen LogP contribution is 2.37. The smallest absolute Gasteiger partial charge is 0.435 e. The SMILES string of the molecule is CN(C)Cc1cc2c(s1)c(-c1cc3ccc(OC(=O)C(C)(C)C)cc3[nH]1)nn2C(=O)OC(C)(C)C. The molecule has 0 aliphatic rings. The number of hydrogen-bond donors (Lipinski definition) is 1. The highest BCUT2D eigenvalue weighted by molar-refractivity contribution is 7.19. The lowest BCUT2D eigenvalue weighted by molar-refractivity contribution is -0.142. The zero-order chi connectivity index (χ0) is 25.7. The molecule has 4 rings (SSSR count). The number of nitrogens with one attached hydrogen (secondary N) is 1. The summed E-state index contributed by atoms with van der Waals surface area (Å²) in [4.78, 5) is 31.8. The number of hydrogen-bond acceptors (Lipinski definition) is 7. The number of benzene rings is 1. The first-order chi connectivity index (χ1) is 16.2. The number of nitrogens with zero attached hydrogens (tertiary/aromatic N) is 3. The van der Waals surface area contributed by atoms with E-state index in [-0.39, 0.29) is 5.97 Å². The molecule has 4 aromatic rings. The third-order valence-corrected chi connectivity index (χ3v) is 6.23. The maximum Gasteiger partial charge on any atom is 0.435 e. The van der Waals surface area contributed by atoms with Gasteiger partial charge in [0.2, 0.25) is 0 Å². The van der Waals surface area contributed by atoms with Crippen LogP contribution in [0.25, 0.3) is 32.5 Å². The summed E-state index contributed by atoms with van der Waals surface area (Å²) < 4.78 is 13.4. The first-order valence-corrected chi connectivity index (χ1v) is 12.3. The maximum absolute atomic E-state index is 13.0. The van der Waals surface area contributed by atoms with E-state index < -0.39 is 17.1 Å². The van der Waals surface area contributed by atoms with Crippen molar-refractivity contribution in [3.05, 3.63) is 35.2 Å². The van der Waals surface area contributed by atoms with Crippen molar-refractivity contribution in [1.82, 2.24) is 19.7 Å². The van der Waals surface area contributed by atoms with Crippen molar-refractivity contribution in [2.45, 2.75) is 53.7 Å². The van der Waals surface area contributed by atoms with Gasteiger partial charge in [0.05, 0.1) is 21.3 Å². The van der Waals surface area contributed by atoms with Crippen molar-refractivity contribution in [3.63, 3.8) is 0 Å². The van der Waals surface area contributed by atoms with Crippen LogP contribution < -0.4 is 4.74 Å². The predicted molar refractivity (Wildman–Crippen MR) is 139 cm³/mol. The summed E-state index contributed by atoms with van der Waals surface area (Å²) in [6.07, 6.45) is -0.518. The van der Waals surface area contributed by atoms with E-state index in [0.29, 0.717) is 11.4 Å². The van der Waals surface area contributed by atoms with Crippen LogP contribution in [0.3, 0.4) is 0 Å². The molecule has 0 amide bonds. The number of esters is 1. The first kappa shape index (κ1) is 24.9. The monoisotopic (exact) mass is 496 g/mol. The Labute approximate surface area is 208 Å². The summed E-state index contributed by atoms with van der Waals surface area (Å²) in [5.41, 5.74) is 1.73. The van der Waals surface area contributed by atoms with Crippen LogP contribution in [0.15, 0.2) is 30.3 Å². The minimum atomic E-state index is -0.639. The molecule has 0 atom stereocenters. The Kier molecular flexibility index (Phi) is 6.27. The molecule has 0 aliphatic heterocycles. The number of fused-ring (bicyclic) bond motifs is 2. The molecule has 35 heavy (non-hydrogen) atoms. The Balaban J connectivity index is 1.77. The Hall–Kier alpha value is -3.17. The van der Waals surface area contributed by atoms with Crippen LogP contribution in [0.4, 0.5) is 4.79 Å². The maximum atomic E-state index is 13.0. The van der Waals surface area contributed by atoms with Gasteiger partial charge in [0.1, 0.15) is 17.0 Å². The molecule has 0 radical (unpaired) electrons. The van der Waals surface area contributed by atoms with Crippen molar-refractivity contribution in [2.75, 3.05) is 14.1 Å². The Morgan fingerprint density at radius 3 is 2.43 bits per heavy atom. The molecular weight excluding hydrogens is 464 g/mol. The average Bonchev–Trinajstić information content (AvgIpc) is 3.37. The van der Waals surface area contributed by atoms with Gasteiger partial charge in [0.15, 0.2) is 0 Å². The molecule has 186 valence electrons. The summed E-state index contributed by atoms with van der Waals surface area (Å²) in [5.74, 6) is 0.174.